The third kappa shape index (κ3) is 3.77. The largest absolute Gasteiger partial charge is 0.489 e. The Hall–Kier alpha value is -2.93. The zero-order chi connectivity index (χ0) is 15.2. The van der Waals surface area contributed by atoms with Crippen LogP contribution in [0.25, 0.3) is 0 Å². The van der Waals surface area contributed by atoms with Crippen LogP contribution in [0, 0.1) is 10.1 Å². The average molecular weight is 287 g/mol. The molecule has 7 heteroatoms. The number of nitrogens with zero attached hydrogens (tertiary/aromatic N) is 1. The van der Waals surface area contributed by atoms with Crippen LogP contribution in [0.5, 0.6) is 5.75 Å². The summed E-state index contributed by atoms with van der Waals surface area (Å²) in [5, 5.41) is 10.7. The molecule has 0 aromatic heterocycles. The first-order valence-electron chi connectivity index (χ1n) is 6.07. The van der Waals surface area contributed by atoms with Gasteiger partial charge in [-0.3, -0.25) is 20.3 Å². The third-order valence-corrected chi connectivity index (χ3v) is 2.78. The Morgan fingerprint density at radius 1 is 1.24 bits per heavy atom. The maximum Gasteiger partial charge on any atom is 0.273 e. The van der Waals surface area contributed by atoms with Crippen molar-refractivity contribution < 1.29 is 14.5 Å². The quantitative estimate of drug-likeness (QED) is 0.377. The number of hydrogen-bond acceptors (Lipinski definition) is 5. The van der Waals surface area contributed by atoms with Crippen LogP contribution in [0.4, 0.5) is 5.69 Å². The Labute approximate surface area is 120 Å². The number of non-ortho nitro benzene ring substituents is 1. The van der Waals surface area contributed by atoms with Crippen molar-refractivity contribution in [2.24, 2.45) is 5.84 Å². The van der Waals surface area contributed by atoms with E-state index in [1.54, 1.807) is 36.4 Å². The van der Waals surface area contributed by atoms with Gasteiger partial charge in [0.2, 0.25) is 0 Å². The summed E-state index contributed by atoms with van der Waals surface area (Å²) in [6.07, 6.45) is 0. The molecule has 0 saturated heterocycles. The Morgan fingerprint density at radius 3 is 2.57 bits per heavy atom. The minimum absolute atomic E-state index is 0.0255. The summed E-state index contributed by atoms with van der Waals surface area (Å²) in [5.41, 5.74) is 3.29. The summed E-state index contributed by atoms with van der Waals surface area (Å²) in [4.78, 5) is 21.5. The van der Waals surface area contributed by atoms with E-state index in [-0.39, 0.29) is 18.2 Å². The third-order valence-electron chi connectivity index (χ3n) is 2.78. The van der Waals surface area contributed by atoms with Gasteiger partial charge < -0.3 is 4.74 Å². The van der Waals surface area contributed by atoms with Gasteiger partial charge in [0.15, 0.2) is 0 Å². The second-order valence-corrected chi connectivity index (χ2v) is 4.21. The van der Waals surface area contributed by atoms with Gasteiger partial charge in [-0.05, 0) is 23.8 Å². The molecule has 1 amide bonds. The average Bonchev–Trinajstić information content (AvgIpc) is 2.53. The predicted molar refractivity (Wildman–Crippen MR) is 75.5 cm³/mol. The lowest BCUT2D eigenvalue weighted by atomic mass is 10.1. The van der Waals surface area contributed by atoms with E-state index in [4.69, 9.17) is 10.6 Å². The van der Waals surface area contributed by atoms with E-state index in [0.717, 1.165) is 5.56 Å². The van der Waals surface area contributed by atoms with E-state index < -0.39 is 4.92 Å². The highest BCUT2D eigenvalue weighted by atomic mass is 16.6. The molecule has 0 fully saturated rings. The highest BCUT2D eigenvalue weighted by Crippen LogP contribution is 2.20. The molecule has 3 N–H and O–H groups in total. The highest BCUT2D eigenvalue weighted by Gasteiger charge is 2.07. The van der Waals surface area contributed by atoms with E-state index in [1.807, 2.05) is 5.43 Å². The van der Waals surface area contributed by atoms with Gasteiger partial charge in [0.25, 0.3) is 11.6 Å². The number of nitrogens with two attached hydrogens (primary N) is 1. The van der Waals surface area contributed by atoms with Gasteiger partial charge in [-0.1, -0.05) is 18.2 Å². The number of rotatable bonds is 5. The standard InChI is InChI=1S/C14H13N3O4/c15-16-14(18)11-6-4-10(5-7-11)9-21-13-3-1-2-12(8-13)17(19)20/h1-8H,9,15H2,(H,16,18). The number of carbonyl (C=O) groups is 1. The summed E-state index contributed by atoms with van der Waals surface area (Å²) < 4.78 is 5.48. The van der Waals surface area contributed by atoms with Crippen molar-refractivity contribution >= 4 is 11.6 Å². The first-order valence-corrected chi connectivity index (χ1v) is 6.07. The van der Waals surface area contributed by atoms with Gasteiger partial charge in [0.05, 0.1) is 11.0 Å². The van der Waals surface area contributed by atoms with Crippen LogP contribution in [0.3, 0.4) is 0 Å². The van der Waals surface area contributed by atoms with Gasteiger partial charge in [-0.15, -0.1) is 0 Å². The number of benzene rings is 2. The molecule has 21 heavy (non-hydrogen) atoms. The first-order chi connectivity index (χ1) is 10.1. The molecule has 2 aromatic carbocycles. The van der Waals surface area contributed by atoms with Crippen LogP contribution >= 0.6 is 0 Å². The fraction of sp³-hybridized carbons (Fsp3) is 0.0714. The zero-order valence-corrected chi connectivity index (χ0v) is 11.0. The number of amides is 1. The number of carbonyl (C=O) groups excluding carboxylic acids is 1. The summed E-state index contributed by atoms with van der Waals surface area (Å²) in [6, 6.07) is 12.6. The van der Waals surface area contributed by atoms with Crippen LogP contribution in [-0.4, -0.2) is 10.8 Å². The Bertz CT molecular complexity index is 656. The number of nitro benzene ring substituents is 1. The van der Waals surface area contributed by atoms with Crippen LogP contribution < -0.4 is 16.0 Å². The van der Waals surface area contributed by atoms with E-state index in [2.05, 4.69) is 0 Å². The molecule has 0 aliphatic carbocycles. The van der Waals surface area contributed by atoms with Crippen molar-refractivity contribution in [3.8, 4) is 5.75 Å². The molecule has 0 atom stereocenters. The second-order valence-electron chi connectivity index (χ2n) is 4.21. The maximum atomic E-state index is 11.3. The monoisotopic (exact) mass is 287 g/mol. The fourth-order valence-corrected chi connectivity index (χ4v) is 1.69. The molecule has 0 saturated carbocycles. The summed E-state index contributed by atoms with van der Waals surface area (Å²) in [7, 11) is 0. The fourth-order valence-electron chi connectivity index (χ4n) is 1.69. The van der Waals surface area contributed by atoms with Crippen molar-refractivity contribution in [2.45, 2.75) is 6.61 Å². The molecular weight excluding hydrogens is 274 g/mol. The molecule has 2 aromatic rings. The minimum atomic E-state index is -0.479. The summed E-state index contributed by atoms with van der Waals surface area (Å²) in [5.74, 6) is 5.07. The lowest BCUT2D eigenvalue weighted by Crippen LogP contribution is -2.29. The molecule has 0 unspecified atom stereocenters. The molecule has 2 rings (SSSR count). The molecule has 0 spiro atoms. The molecule has 108 valence electrons. The maximum absolute atomic E-state index is 11.3. The number of nitrogens with one attached hydrogen (secondary N) is 1. The molecule has 0 radical (unpaired) electrons. The Balaban J connectivity index is 2.01. The van der Waals surface area contributed by atoms with Crippen LogP contribution in [-0.2, 0) is 6.61 Å². The van der Waals surface area contributed by atoms with Crippen molar-refractivity contribution in [2.75, 3.05) is 0 Å². The SMILES string of the molecule is NNC(=O)c1ccc(COc2cccc([N+](=O)[O-])c2)cc1. The Kier molecular flexibility index (Phi) is 4.47. The molecule has 0 aliphatic rings. The second kappa shape index (κ2) is 6.49. The summed E-state index contributed by atoms with van der Waals surface area (Å²) in [6.45, 7) is 0.242. The summed E-state index contributed by atoms with van der Waals surface area (Å²) >= 11 is 0. The van der Waals surface area contributed by atoms with Gasteiger partial charge in [-0.25, -0.2) is 5.84 Å². The van der Waals surface area contributed by atoms with E-state index in [1.165, 1.54) is 12.1 Å². The predicted octanol–water partition coefficient (Wildman–Crippen LogP) is 1.78. The smallest absolute Gasteiger partial charge is 0.273 e. The van der Waals surface area contributed by atoms with Gasteiger partial charge in [0.1, 0.15) is 12.4 Å². The number of ether oxygens (including phenoxy) is 1. The van der Waals surface area contributed by atoms with Crippen molar-refractivity contribution in [3.05, 3.63) is 69.8 Å². The van der Waals surface area contributed by atoms with Crippen molar-refractivity contribution in [3.63, 3.8) is 0 Å². The van der Waals surface area contributed by atoms with E-state index in [9.17, 15) is 14.9 Å². The van der Waals surface area contributed by atoms with E-state index >= 15 is 0 Å². The van der Waals surface area contributed by atoms with Gasteiger partial charge in [0, 0.05) is 11.6 Å². The van der Waals surface area contributed by atoms with Crippen molar-refractivity contribution in [1.82, 2.24) is 5.43 Å². The molecule has 0 heterocycles. The zero-order valence-electron chi connectivity index (χ0n) is 11.0. The highest BCUT2D eigenvalue weighted by molar-refractivity contribution is 5.93. The van der Waals surface area contributed by atoms with Gasteiger partial charge >= 0.3 is 0 Å². The molecule has 7 nitrogen and oxygen atoms in total. The topological polar surface area (TPSA) is 107 Å². The van der Waals surface area contributed by atoms with Gasteiger partial charge in [-0.2, -0.15) is 0 Å². The Morgan fingerprint density at radius 2 is 1.95 bits per heavy atom. The lowest BCUT2D eigenvalue weighted by molar-refractivity contribution is -0.384. The molecular formula is C14H13N3O4. The minimum Gasteiger partial charge on any atom is -0.489 e. The number of nitrogen functional groups attached to an aromatic ring is 1. The number of hydrogen-bond donors (Lipinski definition) is 2. The van der Waals surface area contributed by atoms with Crippen molar-refractivity contribution in [1.29, 1.82) is 0 Å². The lowest BCUT2D eigenvalue weighted by Gasteiger charge is -2.07. The van der Waals surface area contributed by atoms with Crippen LogP contribution in [0.15, 0.2) is 48.5 Å². The van der Waals surface area contributed by atoms with Crippen LogP contribution in [0.1, 0.15) is 15.9 Å². The molecule has 0 aliphatic heterocycles. The first kappa shape index (κ1) is 14.5. The number of nitro groups is 1. The normalized spacial score (nSPS) is 9.95. The molecule has 0 bridgehead atoms. The van der Waals surface area contributed by atoms with E-state index in [0.29, 0.717) is 11.3 Å². The van der Waals surface area contributed by atoms with Crippen LogP contribution in [0.2, 0.25) is 0 Å². The number of hydrazine groups is 1.